The Kier molecular flexibility index (Phi) is 13.5. The Morgan fingerprint density at radius 2 is 1.25 bits per heavy atom. The van der Waals surface area contributed by atoms with Crippen LogP contribution in [0.1, 0.15) is 58.7 Å². The van der Waals surface area contributed by atoms with Crippen LogP contribution in [0.25, 0.3) is 0 Å². The van der Waals surface area contributed by atoms with Gasteiger partial charge in [-0.25, -0.2) is 10.0 Å². The fourth-order valence-electron chi connectivity index (χ4n) is 5.81. The van der Waals surface area contributed by atoms with Crippen molar-refractivity contribution in [2.24, 2.45) is 33.9 Å². The minimum atomic E-state index is -0.567. The summed E-state index contributed by atoms with van der Waals surface area (Å²) >= 11 is 12.2. The number of halogens is 2. The van der Waals surface area contributed by atoms with Crippen molar-refractivity contribution in [3.8, 4) is 0 Å². The molecule has 19 nitrogen and oxygen atoms in total. The molecule has 5 amide bonds. The van der Waals surface area contributed by atoms with Gasteiger partial charge in [0.25, 0.3) is 29.5 Å². The topological polar surface area (TPSA) is 235 Å². The number of nitrogens with zero attached hydrogens (tertiary/aromatic N) is 8. The average molecular weight is 822 g/mol. The molecular weight excluding hydrogens is 779 g/mol. The van der Waals surface area contributed by atoms with Crippen LogP contribution < -0.4 is 32.0 Å². The van der Waals surface area contributed by atoms with E-state index in [4.69, 9.17) is 34.3 Å². The van der Waals surface area contributed by atoms with Crippen LogP contribution in [-0.2, 0) is 28.2 Å². The van der Waals surface area contributed by atoms with Crippen LogP contribution >= 0.6 is 23.2 Å². The van der Waals surface area contributed by atoms with E-state index in [0.717, 1.165) is 0 Å². The first kappa shape index (κ1) is 41.7. The molecule has 7 N–H and O–H groups in total. The van der Waals surface area contributed by atoms with Crippen molar-refractivity contribution < 1.29 is 24.0 Å². The van der Waals surface area contributed by atoms with E-state index in [0.29, 0.717) is 30.0 Å². The number of nitrogens with two attached hydrogens (primary N) is 1. The summed E-state index contributed by atoms with van der Waals surface area (Å²) in [4.78, 5) is 66.3. The molecule has 0 spiro atoms. The Balaban J connectivity index is 1.26. The van der Waals surface area contributed by atoms with Gasteiger partial charge in [0, 0.05) is 96.1 Å². The first-order chi connectivity index (χ1) is 27.2. The maximum atomic E-state index is 13.7. The number of rotatable bonds is 17. The van der Waals surface area contributed by atoms with Crippen molar-refractivity contribution in [3.05, 3.63) is 95.3 Å². The summed E-state index contributed by atoms with van der Waals surface area (Å²) in [7, 11) is 6.36. The lowest BCUT2D eigenvalue weighted by atomic mass is 10.2. The highest BCUT2D eigenvalue weighted by molar-refractivity contribution is 6.18. The number of hydrogen-bond donors (Lipinski definition) is 6. The van der Waals surface area contributed by atoms with Crippen LogP contribution in [0.5, 0.6) is 0 Å². The Labute approximate surface area is 337 Å². The van der Waals surface area contributed by atoms with Gasteiger partial charge in [-0.2, -0.15) is 10.2 Å². The van der Waals surface area contributed by atoms with Gasteiger partial charge in [0.2, 0.25) is 0 Å². The van der Waals surface area contributed by atoms with E-state index in [2.05, 4.69) is 31.5 Å². The molecule has 57 heavy (non-hydrogen) atoms. The van der Waals surface area contributed by atoms with Crippen molar-refractivity contribution >= 4 is 81.6 Å². The van der Waals surface area contributed by atoms with Gasteiger partial charge in [0.05, 0.1) is 17.2 Å². The number of amides is 5. The maximum Gasteiger partial charge on any atom is 0.274 e. The number of hydrogen-bond acceptors (Lipinski definition) is 9. The molecule has 0 fully saturated rings. The summed E-state index contributed by atoms with van der Waals surface area (Å²) in [5.41, 5.74) is 7.15. The number of hydrazine groups is 1. The van der Waals surface area contributed by atoms with E-state index in [1.165, 1.54) is 44.2 Å². The molecule has 5 aromatic rings. The summed E-state index contributed by atoms with van der Waals surface area (Å²) in [5, 5.41) is 29.7. The van der Waals surface area contributed by atoms with E-state index in [1.807, 2.05) is 0 Å². The molecule has 1 aromatic carbocycles. The number of benzene rings is 1. The molecular formula is C36H42Cl2N14O5. The number of carbonyl (C=O) groups is 5. The number of carbonyl (C=O) groups excluding carboxylic acids is 5. The zero-order valence-corrected chi connectivity index (χ0v) is 33.1. The fourth-order valence-corrected chi connectivity index (χ4v) is 6.20. The third-order valence-corrected chi connectivity index (χ3v) is 8.87. The van der Waals surface area contributed by atoms with Gasteiger partial charge in [-0.3, -0.25) is 38.7 Å². The fraction of sp³-hybridized carbons (Fsp3) is 0.278. The first-order valence-corrected chi connectivity index (χ1v) is 18.5. The van der Waals surface area contributed by atoms with Gasteiger partial charge in [0.1, 0.15) is 22.8 Å². The Bertz CT molecular complexity index is 2290. The highest BCUT2D eigenvalue weighted by atomic mass is 35.5. The molecule has 0 aliphatic rings. The van der Waals surface area contributed by atoms with Crippen molar-refractivity contribution in [1.82, 2.24) is 39.0 Å². The van der Waals surface area contributed by atoms with Crippen LogP contribution in [0.15, 0.2) is 67.0 Å². The van der Waals surface area contributed by atoms with Crippen molar-refractivity contribution in [2.75, 3.05) is 52.4 Å². The molecule has 0 saturated carbocycles. The van der Waals surface area contributed by atoms with Gasteiger partial charge < -0.3 is 36.1 Å². The molecule has 0 unspecified atom stereocenters. The molecule has 0 radical (unpaired) electrons. The predicted octanol–water partition coefficient (Wildman–Crippen LogP) is 2.98. The summed E-state index contributed by atoms with van der Waals surface area (Å²) in [5.74, 6) is -1.83. The Morgan fingerprint density at radius 3 is 1.81 bits per heavy atom. The third-order valence-electron chi connectivity index (χ3n) is 8.53. The van der Waals surface area contributed by atoms with Crippen molar-refractivity contribution in [2.45, 2.75) is 6.42 Å². The maximum absolute atomic E-state index is 13.7. The quantitative estimate of drug-likeness (QED) is 0.0350. The number of aryl methyl sites for hydroxylation is 4. The second kappa shape index (κ2) is 18.5. The van der Waals surface area contributed by atoms with Gasteiger partial charge in [-0.15, -0.1) is 23.2 Å². The molecule has 0 saturated heterocycles. The van der Waals surface area contributed by atoms with Gasteiger partial charge in [0.15, 0.2) is 11.6 Å². The number of nitrogens with one attached hydrogen (secondary N) is 5. The zero-order valence-electron chi connectivity index (χ0n) is 31.5. The Morgan fingerprint density at radius 1 is 0.719 bits per heavy atom. The van der Waals surface area contributed by atoms with Gasteiger partial charge in [-0.1, -0.05) is 18.2 Å². The largest absolute Gasteiger partial charge is 0.388 e. The van der Waals surface area contributed by atoms with E-state index >= 15 is 0 Å². The second-order valence-electron chi connectivity index (χ2n) is 12.7. The van der Waals surface area contributed by atoms with Crippen molar-refractivity contribution in [3.63, 3.8) is 0 Å². The highest BCUT2D eigenvalue weighted by Crippen LogP contribution is 2.24. The van der Waals surface area contributed by atoms with Crippen LogP contribution in [0.2, 0.25) is 0 Å². The predicted molar refractivity (Wildman–Crippen MR) is 216 cm³/mol. The number of alkyl halides is 2. The smallest absolute Gasteiger partial charge is 0.274 e. The van der Waals surface area contributed by atoms with Crippen LogP contribution in [0.4, 0.5) is 23.0 Å². The lowest BCUT2D eigenvalue weighted by molar-refractivity contribution is 0.0901. The highest BCUT2D eigenvalue weighted by Gasteiger charge is 2.28. The van der Waals surface area contributed by atoms with E-state index < -0.39 is 23.6 Å². The normalized spacial score (nSPS) is 11.0. The minimum Gasteiger partial charge on any atom is -0.388 e. The molecule has 0 aliphatic carbocycles. The Hall–Kier alpha value is -6.44. The standard InChI is InChI=1S/C36H42Cl2N14O5/c1-47-20-23(16-25(47)33(54)43-30-18-27(49(3)45-30)32(53)41-13-10-29(39)40)42-35(56)28-19-31(46-50(28)4)44-34(55)26-17-24(21-48(26)2)52(51(14-11-37)15-12-38)36(57)22-8-6-5-7-9-22/h5-9,16-21H,10-15H2,1-4H3,(H3,39,40)(H,41,53)(H,42,56)(H,43,45,54)(H,44,46,55). The summed E-state index contributed by atoms with van der Waals surface area (Å²) in [6.45, 7) is 0.808. The van der Waals surface area contributed by atoms with Gasteiger partial charge in [-0.05, 0) is 24.3 Å². The zero-order chi connectivity index (χ0) is 41.4. The lowest BCUT2D eigenvalue weighted by Crippen LogP contribution is -2.48. The molecule has 4 heterocycles. The van der Waals surface area contributed by atoms with Crippen LogP contribution in [0.3, 0.4) is 0 Å². The number of amidine groups is 1. The van der Waals surface area contributed by atoms with Crippen molar-refractivity contribution in [1.29, 1.82) is 5.41 Å². The minimum absolute atomic E-state index is 0.0587. The first-order valence-electron chi connectivity index (χ1n) is 17.4. The third kappa shape index (κ3) is 10.1. The SMILES string of the molecule is Cn1cc(NC(=O)c2cc(NC(=O)c3cc(N(C(=O)c4ccccc4)N(CCCl)CCCl)cn3C)nn2C)cc1C(=O)Nc1cc(C(=O)NCCC(=N)N)n(C)n1. The van der Waals surface area contributed by atoms with E-state index in [-0.39, 0.29) is 70.9 Å². The molecule has 0 atom stereocenters. The van der Waals surface area contributed by atoms with E-state index in [9.17, 15) is 24.0 Å². The monoisotopic (exact) mass is 820 g/mol. The lowest BCUT2D eigenvalue weighted by Gasteiger charge is -2.33. The van der Waals surface area contributed by atoms with Gasteiger partial charge >= 0.3 is 0 Å². The summed E-state index contributed by atoms with van der Waals surface area (Å²) in [6, 6.07) is 14.5. The second-order valence-corrected chi connectivity index (χ2v) is 13.5. The molecule has 0 aliphatic heterocycles. The van der Waals surface area contributed by atoms with E-state index in [1.54, 1.807) is 79.5 Å². The van der Waals surface area contributed by atoms with Crippen LogP contribution in [-0.4, -0.2) is 100 Å². The average Bonchev–Trinajstić information content (AvgIpc) is 3.93. The number of aromatic nitrogens is 6. The molecule has 300 valence electrons. The molecule has 0 bridgehead atoms. The molecule has 4 aromatic heterocycles. The van der Waals surface area contributed by atoms with Crippen LogP contribution in [0, 0.1) is 5.41 Å². The molecule has 5 rings (SSSR count). The molecule has 21 heteroatoms. The summed E-state index contributed by atoms with van der Waals surface area (Å²) < 4.78 is 5.67. The summed E-state index contributed by atoms with van der Waals surface area (Å²) in [6.07, 6.45) is 3.38. The number of anilines is 4.